The molecule has 9 heteroatoms. The molecule has 2 aliphatic rings. The van der Waals surface area contributed by atoms with Crippen LogP contribution in [0.3, 0.4) is 0 Å². The van der Waals surface area contributed by atoms with Gasteiger partial charge in [0.15, 0.2) is 0 Å². The fraction of sp³-hybridized carbons (Fsp3) is 0.500. The van der Waals surface area contributed by atoms with E-state index in [0.29, 0.717) is 25.3 Å². The lowest BCUT2D eigenvalue weighted by atomic mass is 10.1. The number of carbonyl (C=O) groups excluding carboxylic acids is 1. The third-order valence-corrected chi connectivity index (χ3v) is 7.15. The molecule has 0 aliphatic carbocycles. The topological polar surface area (TPSA) is 88.4 Å². The van der Waals surface area contributed by atoms with E-state index in [1.807, 2.05) is 20.8 Å². The molecule has 27 heavy (non-hydrogen) atoms. The molecule has 0 bridgehead atoms. The van der Waals surface area contributed by atoms with Crippen molar-refractivity contribution < 1.29 is 13.2 Å². The number of sulfonamides is 1. The first-order chi connectivity index (χ1) is 12.7. The number of hydrogen-bond donors (Lipinski definition) is 0. The van der Waals surface area contributed by atoms with Crippen molar-refractivity contribution in [2.45, 2.75) is 51.1 Å². The summed E-state index contributed by atoms with van der Waals surface area (Å²) in [6.45, 7) is 7.98. The van der Waals surface area contributed by atoms with E-state index in [1.54, 1.807) is 27.8 Å². The smallest absolute Gasteiger partial charge is 0.243 e. The number of aryl methyl sites for hydroxylation is 2. The van der Waals surface area contributed by atoms with E-state index in [4.69, 9.17) is 0 Å². The largest absolute Gasteiger partial charge is 0.309 e. The molecule has 1 unspecified atom stereocenters. The summed E-state index contributed by atoms with van der Waals surface area (Å²) in [5.74, 6) is 1.46. The van der Waals surface area contributed by atoms with E-state index in [2.05, 4.69) is 10.1 Å². The predicted molar refractivity (Wildman–Crippen MR) is 100 cm³/mol. The van der Waals surface area contributed by atoms with Gasteiger partial charge in [-0.25, -0.2) is 18.1 Å². The third kappa shape index (κ3) is 2.85. The Labute approximate surface area is 158 Å². The first-order valence-electron chi connectivity index (χ1n) is 9.01. The van der Waals surface area contributed by atoms with Gasteiger partial charge in [-0.05, 0) is 51.0 Å². The summed E-state index contributed by atoms with van der Waals surface area (Å²) in [5, 5.41) is 4.35. The predicted octanol–water partition coefficient (Wildman–Crippen LogP) is 1.44. The summed E-state index contributed by atoms with van der Waals surface area (Å²) in [4.78, 5) is 18.1. The molecule has 2 aromatic rings. The average molecular weight is 389 g/mol. The van der Waals surface area contributed by atoms with Crippen LogP contribution in [0.4, 0.5) is 5.69 Å². The van der Waals surface area contributed by atoms with Gasteiger partial charge < -0.3 is 4.90 Å². The van der Waals surface area contributed by atoms with Gasteiger partial charge in [-0.3, -0.25) is 4.79 Å². The molecule has 8 nitrogen and oxygen atoms in total. The van der Waals surface area contributed by atoms with Crippen molar-refractivity contribution in [1.29, 1.82) is 0 Å². The maximum atomic E-state index is 13.0. The van der Waals surface area contributed by atoms with Gasteiger partial charge in [-0.2, -0.15) is 9.40 Å². The second kappa shape index (κ2) is 6.13. The van der Waals surface area contributed by atoms with Crippen molar-refractivity contribution in [2.24, 2.45) is 0 Å². The van der Waals surface area contributed by atoms with Gasteiger partial charge in [0.1, 0.15) is 11.6 Å². The highest BCUT2D eigenvalue weighted by molar-refractivity contribution is 7.89. The van der Waals surface area contributed by atoms with Crippen LogP contribution in [0.5, 0.6) is 0 Å². The van der Waals surface area contributed by atoms with Crippen molar-refractivity contribution in [1.82, 2.24) is 19.1 Å². The molecular formula is C18H23N5O3S. The normalized spacial score (nSPS) is 20.6. The summed E-state index contributed by atoms with van der Waals surface area (Å²) in [7, 11) is -3.56. The van der Waals surface area contributed by atoms with Crippen LogP contribution in [0.2, 0.25) is 0 Å². The van der Waals surface area contributed by atoms with E-state index >= 15 is 0 Å². The first kappa shape index (κ1) is 18.1. The maximum absolute atomic E-state index is 13.0. The summed E-state index contributed by atoms with van der Waals surface area (Å²) in [6.07, 6.45) is 0.665. The van der Waals surface area contributed by atoms with Crippen LogP contribution in [-0.2, 0) is 21.2 Å². The fourth-order valence-electron chi connectivity index (χ4n) is 4.05. The van der Waals surface area contributed by atoms with Crippen molar-refractivity contribution in [3.05, 3.63) is 35.4 Å². The Bertz CT molecular complexity index is 1020. The van der Waals surface area contributed by atoms with Crippen molar-refractivity contribution >= 4 is 21.6 Å². The highest BCUT2D eigenvalue weighted by Crippen LogP contribution is 2.36. The molecule has 0 saturated carbocycles. The Morgan fingerprint density at radius 1 is 1.22 bits per heavy atom. The molecule has 1 amide bonds. The number of amides is 1. The Hall–Kier alpha value is -2.26. The summed E-state index contributed by atoms with van der Waals surface area (Å²) in [5.41, 5.74) is 1.71. The lowest BCUT2D eigenvalue weighted by molar-refractivity contribution is -0.116. The van der Waals surface area contributed by atoms with Crippen LogP contribution in [0.15, 0.2) is 23.1 Å². The molecule has 1 aromatic heterocycles. The van der Waals surface area contributed by atoms with Crippen molar-refractivity contribution in [3.8, 4) is 0 Å². The Balaban J connectivity index is 1.55. The molecule has 3 heterocycles. The molecule has 1 aromatic carbocycles. The average Bonchev–Trinajstić information content (AvgIpc) is 3.03. The number of rotatable bonds is 3. The van der Waals surface area contributed by atoms with Crippen LogP contribution < -0.4 is 4.90 Å². The van der Waals surface area contributed by atoms with Gasteiger partial charge in [-0.1, -0.05) is 0 Å². The van der Waals surface area contributed by atoms with E-state index in [9.17, 15) is 13.2 Å². The van der Waals surface area contributed by atoms with Gasteiger partial charge in [0.25, 0.3) is 0 Å². The van der Waals surface area contributed by atoms with E-state index in [0.717, 1.165) is 17.1 Å². The number of carbonyl (C=O) groups is 1. The van der Waals surface area contributed by atoms with Gasteiger partial charge >= 0.3 is 0 Å². The zero-order chi connectivity index (χ0) is 19.5. The minimum atomic E-state index is -3.56. The summed E-state index contributed by atoms with van der Waals surface area (Å²) in [6, 6.07) is 5.11. The third-order valence-electron chi connectivity index (χ3n) is 5.33. The molecule has 0 spiro atoms. The molecule has 2 aliphatic heterocycles. The van der Waals surface area contributed by atoms with Crippen molar-refractivity contribution in [2.75, 3.05) is 18.0 Å². The Morgan fingerprint density at radius 3 is 2.52 bits per heavy atom. The lowest BCUT2D eigenvalue weighted by Crippen LogP contribution is -2.51. The molecular weight excluding hydrogens is 366 g/mol. The molecule has 0 N–H and O–H groups in total. The molecule has 1 atom stereocenters. The zero-order valence-corrected chi connectivity index (χ0v) is 16.7. The summed E-state index contributed by atoms with van der Waals surface area (Å²) >= 11 is 0. The first-order valence-corrected chi connectivity index (χ1v) is 10.4. The van der Waals surface area contributed by atoms with Crippen LogP contribution in [0.1, 0.15) is 37.1 Å². The van der Waals surface area contributed by atoms with E-state index in [1.165, 1.54) is 11.2 Å². The van der Waals surface area contributed by atoms with Gasteiger partial charge in [-0.15, -0.1) is 0 Å². The molecule has 4 rings (SSSR count). The molecule has 1 saturated heterocycles. The van der Waals surface area contributed by atoms with Crippen LogP contribution in [0, 0.1) is 13.8 Å². The van der Waals surface area contributed by atoms with Crippen molar-refractivity contribution in [3.63, 3.8) is 0 Å². The standard InChI is InChI=1S/C18H23N5O3S/c1-11-7-15-8-17(5-6-18(15)22(11)14(4)24)27(25,26)21-9-16(10-21)23-13(3)19-12(2)20-23/h5-6,8,11,16H,7,9-10H2,1-4H3. The Kier molecular flexibility index (Phi) is 4.12. The number of nitrogens with zero attached hydrogens (tertiary/aromatic N) is 5. The number of anilines is 1. The molecule has 0 radical (unpaired) electrons. The zero-order valence-electron chi connectivity index (χ0n) is 15.9. The fourth-order valence-corrected chi connectivity index (χ4v) is 5.61. The minimum Gasteiger partial charge on any atom is -0.309 e. The number of hydrogen-bond acceptors (Lipinski definition) is 5. The highest BCUT2D eigenvalue weighted by Gasteiger charge is 2.39. The highest BCUT2D eigenvalue weighted by atomic mass is 32.2. The van der Waals surface area contributed by atoms with E-state index < -0.39 is 10.0 Å². The number of benzene rings is 1. The maximum Gasteiger partial charge on any atom is 0.243 e. The van der Waals surface area contributed by atoms with E-state index in [-0.39, 0.29) is 22.9 Å². The quantitative estimate of drug-likeness (QED) is 0.793. The number of aromatic nitrogens is 3. The SMILES string of the molecule is CC(=O)N1c2ccc(S(=O)(=O)N3CC(n4nc(C)nc4C)C3)cc2CC1C. The van der Waals surface area contributed by atoms with Gasteiger partial charge in [0, 0.05) is 31.7 Å². The van der Waals surface area contributed by atoms with Crippen LogP contribution in [0.25, 0.3) is 0 Å². The van der Waals surface area contributed by atoms with Crippen LogP contribution >= 0.6 is 0 Å². The molecule has 1 fully saturated rings. The Morgan fingerprint density at radius 2 is 1.93 bits per heavy atom. The van der Waals surface area contributed by atoms with Crippen LogP contribution in [-0.4, -0.2) is 52.5 Å². The monoisotopic (exact) mass is 389 g/mol. The second-order valence-electron chi connectivity index (χ2n) is 7.36. The summed E-state index contributed by atoms with van der Waals surface area (Å²) < 4.78 is 29.2. The minimum absolute atomic E-state index is 0.0172. The van der Waals surface area contributed by atoms with Gasteiger partial charge in [0.2, 0.25) is 15.9 Å². The lowest BCUT2D eigenvalue weighted by Gasteiger charge is -2.38. The second-order valence-corrected chi connectivity index (χ2v) is 9.30. The van der Waals surface area contributed by atoms with Gasteiger partial charge in [0.05, 0.1) is 10.9 Å². The molecule has 144 valence electrons. The number of fused-ring (bicyclic) bond motifs is 1.